The number of para-hydroxylation sites is 1. The minimum Gasteiger partial charge on any atom is -0.366 e. The van der Waals surface area contributed by atoms with Crippen molar-refractivity contribution >= 4 is 17.5 Å². The molecule has 2 aromatic carbocycles. The van der Waals surface area contributed by atoms with Crippen LogP contribution in [0.3, 0.4) is 0 Å². The Morgan fingerprint density at radius 2 is 1.59 bits per heavy atom. The zero-order valence-corrected chi connectivity index (χ0v) is 16.7. The third-order valence-electron chi connectivity index (χ3n) is 5.18. The van der Waals surface area contributed by atoms with Gasteiger partial charge in [0.2, 0.25) is 5.95 Å². The number of aryl methyl sites for hydroxylation is 1. The molecule has 1 saturated heterocycles. The molecular weight excluding hydrogens is 365 g/mol. The van der Waals surface area contributed by atoms with Crippen molar-refractivity contribution in [1.29, 1.82) is 0 Å². The summed E-state index contributed by atoms with van der Waals surface area (Å²) in [5.41, 5.74) is 2.90. The molecule has 0 saturated carbocycles. The zero-order chi connectivity index (χ0) is 20.1. The molecule has 0 unspecified atom stereocenters. The summed E-state index contributed by atoms with van der Waals surface area (Å²) >= 11 is 0. The summed E-state index contributed by atoms with van der Waals surface area (Å²) in [5.74, 6) is 1.42. The summed E-state index contributed by atoms with van der Waals surface area (Å²) in [5, 5.41) is 3.35. The molecule has 6 heteroatoms. The topological polar surface area (TPSA) is 44.3 Å². The first-order chi connectivity index (χ1) is 14.2. The van der Waals surface area contributed by atoms with Crippen molar-refractivity contribution in [3.8, 4) is 0 Å². The third-order valence-corrected chi connectivity index (χ3v) is 5.18. The Labute approximate surface area is 171 Å². The van der Waals surface area contributed by atoms with Gasteiger partial charge in [-0.3, -0.25) is 0 Å². The van der Waals surface area contributed by atoms with Crippen molar-refractivity contribution in [2.45, 2.75) is 13.3 Å². The van der Waals surface area contributed by atoms with Gasteiger partial charge in [0.25, 0.3) is 0 Å². The summed E-state index contributed by atoms with van der Waals surface area (Å²) < 4.78 is 14.1. The fraction of sp³-hybridized carbons (Fsp3) is 0.304. The number of piperazine rings is 1. The van der Waals surface area contributed by atoms with Crippen LogP contribution in [0, 0.1) is 12.7 Å². The van der Waals surface area contributed by atoms with Gasteiger partial charge in [-0.25, -0.2) is 9.37 Å². The molecule has 1 aliphatic rings. The van der Waals surface area contributed by atoms with Crippen molar-refractivity contribution < 1.29 is 4.39 Å². The van der Waals surface area contributed by atoms with Crippen molar-refractivity contribution in [1.82, 2.24) is 9.97 Å². The average molecular weight is 391 g/mol. The second-order valence-electron chi connectivity index (χ2n) is 7.28. The third kappa shape index (κ3) is 4.83. The van der Waals surface area contributed by atoms with Crippen molar-refractivity contribution in [2.75, 3.05) is 47.8 Å². The maximum atomic E-state index is 14.1. The van der Waals surface area contributed by atoms with Crippen LogP contribution in [0.4, 0.5) is 21.8 Å². The van der Waals surface area contributed by atoms with Gasteiger partial charge in [-0.1, -0.05) is 42.5 Å². The van der Waals surface area contributed by atoms with Crippen LogP contribution in [0.15, 0.2) is 60.7 Å². The molecule has 1 fully saturated rings. The van der Waals surface area contributed by atoms with E-state index >= 15 is 0 Å². The van der Waals surface area contributed by atoms with E-state index in [1.54, 1.807) is 6.07 Å². The highest BCUT2D eigenvalue weighted by Crippen LogP contribution is 2.22. The van der Waals surface area contributed by atoms with E-state index in [-0.39, 0.29) is 5.82 Å². The van der Waals surface area contributed by atoms with E-state index in [0.717, 1.165) is 50.7 Å². The first kappa shape index (κ1) is 19.2. The van der Waals surface area contributed by atoms with Crippen molar-refractivity contribution in [2.24, 2.45) is 0 Å². The molecule has 5 nitrogen and oxygen atoms in total. The van der Waals surface area contributed by atoms with E-state index in [0.29, 0.717) is 11.6 Å². The first-order valence-corrected chi connectivity index (χ1v) is 10.1. The molecule has 1 aliphatic heterocycles. The van der Waals surface area contributed by atoms with E-state index in [1.165, 1.54) is 11.6 Å². The standard InChI is InChI=1S/C23H26FN5/c1-18-17-22(27-23(26-18)25-12-11-19-7-3-2-4-8-19)29-15-13-28(14-16-29)21-10-6-5-9-20(21)24/h2-10,17H,11-16H2,1H3,(H,25,26,27). The quantitative estimate of drug-likeness (QED) is 0.690. The average Bonchev–Trinajstić information content (AvgIpc) is 2.75. The van der Waals surface area contributed by atoms with Crippen LogP contribution < -0.4 is 15.1 Å². The molecule has 0 radical (unpaired) electrons. The molecule has 0 spiro atoms. The number of halogens is 1. The fourth-order valence-electron chi connectivity index (χ4n) is 3.64. The van der Waals surface area contributed by atoms with Gasteiger partial charge in [0, 0.05) is 44.5 Å². The smallest absolute Gasteiger partial charge is 0.224 e. The van der Waals surface area contributed by atoms with Gasteiger partial charge in [-0.15, -0.1) is 0 Å². The van der Waals surface area contributed by atoms with E-state index in [1.807, 2.05) is 31.2 Å². The number of rotatable bonds is 6. The Kier molecular flexibility index (Phi) is 5.89. The molecule has 4 rings (SSSR count). The number of hydrogen-bond acceptors (Lipinski definition) is 5. The Morgan fingerprint density at radius 1 is 0.897 bits per heavy atom. The lowest BCUT2D eigenvalue weighted by atomic mass is 10.1. The highest BCUT2D eigenvalue weighted by molar-refractivity contribution is 5.51. The predicted octanol–water partition coefficient (Wildman–Crippen LogP) is 3.91. The molecule has 0 aliphatic carbocycles. The minimum atomic E-state index is -0.163. The minimum absolute atomic E-state index is 0.163. The van der Waals surface area contributed by atoms with Crippen LogP contribution in [0.1, 0.15) is 11.3 Å². The summed E-state index contributed by atoms with van der Waals surface area (Å²) in [6, 6.07) is 19.4. The molecule has 0 atom stereocenters. The van der Waals surface area contributed by atoms with Gasteiger partial charge in [-0.2, -0.15) is 4.98 Å². The van der Waals surface area contributed by atoms with Gasteiger partial charge in [0.1, 0.15) is 11.6 Å². The number of nitrogens with zero attached hydrogens (tertiary/aromatic N) is 4. The summed E-state index contributed by atoms with van der Waals surface area (Å²) in [4.78, 5) is 13.6. The summed E-state index contributed by atoms with van der Waals surface area (Å²) in [7, 11) is 0. The van der Waals surface area contributed by atoms with E-state index < -0.39 is 0 Å². The Balaban J connectivity index is 1.37. The Hall–Kier alpha value is -3.15. The highest BCUT2D eigenvalue weighted by atomic mass is 19.1. The second-order valence-corrected chi connectivity index (χ2v) is 7.28. The molecule has 0 bridgehead atoms. The maximum Gasteiger partial charge on any atom is 0.224 e. The van der Waals surface area contributed by atoms with Crippen LogP contribution in [-0.4, -0.2) is 42.7 Å². The van der Waals surface area contributed by atoms with E-state index in [4.69, 9.17) is 4.98 Å². The first-order valence-electron chi connectivity index (χ1n) is 10.1. The number of anilines is 3. The number of aromatic nitrogens is 2. The lowest BCUT2D eigenvalue weighted by Crippen LogP contribution is -2.47. The Bertz CT molecular complexity index is 939. The molecule has 1 aromatic heterocycles. The lowest BCUT2D eigenvalue weighted by molar-refractivity contribution is 0.596. The van der Waals surface area contributed by atoms with Gasteiger partial charge >= 0.3 is 0 Å². The lowest BCUT2D eigenvalue weighted by Gasteiger charge is -2.37. The maximum absolute atomic E-state index is 14.1. The number of benzene rings is 2. The monoisotopic (exact) mass is 391 g/mol. The van der Waals surface area contributed by atoms with Crippen LogP contribution in [0.2, 0.25) is 0 Å². The largest absolute Gasteiger partial charge is 0.366 e. The SMILES string of the molecule is Cc1cc(N2CCN(c3ccccc3F)CC2)nc(NCCc2ccccc2)n1. The van der Waals surface area contributed by atoms with Crippen LogP contribution in [0.5, 0.6) is 0 Å². The molecule has 0 amide bonds. The van der Waals surface area contributed by atoms with Crippen LogP contribution in [-0.2, 0) is 6.42 Å². The van der Waals surface area contributed by atoms with E-state index in [9.17, 15) is 4.39 Å². The highest BCUT2D eigenvalue weighted by Gasteiger charge is 2.20. The Morgan fingerprint density at radius 3 is 2.34 bits per heavy atom. The molecule has 3 aromatic rings. The summed E-state index contributed by atoms with van der Waals surface area (Å²) in [6.07, 6.45) is 0.925. The van der Waals surface area contributed by atoms with Crippen molar-refractivity contribution in [3.63, 3.8) is 0 Å². The fourth-order valence-corrected chi connectivity index (χ4v) is 3.64. The molecule has 150 valence electrons. The molecule has 29 heavy (non-hydrogen) atoms. The van der Waals surface area contributed by atoms with Gasteiger partial charge in [0.15, 0.2) is 0 Å². The zero-order valence-electron chi connectivity index (χ0n) is 16.7. The summed E-state index contributed by atoms with van der Waals surface area (Å²) in [6.45, 7) is 5.90. The van der Waals surface area contributed by atoms with Gasteiger partial charge in [-0.05, 0) is 31.0 Å². The molecule has 2 heterocycles. The van der Waals surface area contributed by atoms with Crippen molar-refractivity contribution in [3.05, 3.63) is 77.7 Å². The van der Waals surface area contributed by atoms with Gasteiger partial charge in [0.05, 0.1) is 5.69 Å². The molecule has 1 N–H and O–H groups in total. The number of hydrogen-bond donors (Lipinski definition) is 1. The van der Waals surface area contributed by atoms with Crippen LogP contribution in [0.25, 0.3) is 0 Å². The van der Waals surface area contributed by atoms with Gasteiger partial charge < -0.3 is 15.1 Å². The van der Waals surface area contributed by atoms with Crippen LogP contribution >= 0.6 is 0 Å². The molecular formula is C23H26FN5. The predicted molar refractivity (Wildman–Crippen MR) is 116 cm³/mol. The van der Waals surface area contributed by atoms with E-state index in [2.05, 4.69) is 44.4 Å². The normalized spacial score (nSPS) is 14.1. The number of nitrogens with one attached hydrogen (secondary N) is 1. The second kappa shape index (κ2) is 8.90.